The SMILES string of the molecule is CC(C)N(CCO)c1cc([C@@H](C)N)ccn1. The summed E-state index contributed by atoms with van der Waals surface area (Å²) in [6.45, 7) is 6.83. The number of nitrogens with zero attached hydrogens (tertiary/aromatic N) is 2. The molecule has 3 N–H and O–H groups in total. The van der Waals surface area contributed by atoms with Gasteiger partial charge in [0, 0.05) is 24.8 Å². The summed E-state index contributed by atoms with van der Waals surface area (Å²) in [7, 11) is 0. The summed E-state index contributed by atoms with van der Waals surface area (Å²) in [4.78, 5) is 6.38. The van der Waals surface area contributed by atoms with Crippen LogP contribution in [0.1, 0.15) is 32.4 Å². The predicted molar refractivity (Wildman–Crippen MR) is 66.4 cm³/mol. The molecule has 0 aliphatic carbocycles. The van der Waals surface area contributed by atoms with Gasteiger partial charge in [0.15, 0.2) is 0 Å². The zero-order chi connectivity index (χ0) is 12.1. The molecular weight excluding hydrogens is 202 g/mol. The minimum absolute atomic E-state index is 0.00453. The van der Waals surface area contributed by atoms with Gasteiger partial charge in [-0.05, 0) is 38.5 Å². The van der Waals surface area contributed by atoms with E-state index in [1.54, 1.807) is 6.20 Å². The number of hydrogen-bond donors (Lipinski definition) is 2. The van der Waals surface area contributed by atoms with E-state index in [-0.39, 0.29) is 12.6 Å². The summed E-state index contributed by atoms with van der Waals surface area (Å²) < 4.78 is 0. The van der Waals surface area contributed by atoms with Crippen LogP contribution in [0.3, 0.4) is 0 Å². The summed E-state index contributed by atoms with van der Waals surface area (Å²) in [5, 5.41) is 9.03. The summed E-state index contributed by atoms with van der Waals surface area (Å²) in [5.74, 6) is 0.874. The molecule has 0 spiro atoms. The first-order chi connectivity index (χ1) is 7.56. The van der Waals surface area contributed by atoms with Crippen LogP contribution in [0, 0.1) is 0 Å². The number of rotatable bonds is 5. The highest BCUT2D eigenvalue weighted by Crippen LogP contribution is 2.18. The summed E-state index contributed by atoms with van der Waals surface area (Å²) in [5.41, 5.74) is 6.90. The maximum atomic E-state index is 9.03. The molecular formula is C12H21N3O. The fourth-order valence-corrected chi connectivity index (χ4v) is 1.62. The lowest BCUT2D eigenvalue weighted by atomic mass is 10.1. The molecule has 90 valence electrons. The molecule has 0 aromatic carbocycles. The second-order valence-corrected chi connectivity index (χ2v) is 4.25. The Morgan fingerprint density at radius 2 is 2.12 bits per heavy atom. The van der Waals surface area contributed by atoms with Crippen molar-refractivity contribution in [2.45, 2.75) is 32.9 Å². The van der Waals surface area contributed by atoms with Crippen molar-refractivity contribution in [3.05, 3.63) is 23.9 Å². The Morgan fingerprint density at radius 1 is 1.44 bits per heavy atom. The third kappa shape index (κ3) is 3.18. The van der Waals surface area contributed by atoms with Crippen molar-refractivity contribution >= 4 is 5.82 Å². The van der Waals surface area contributed by atoms with Crippen molar-refractivity contribution in [3.8, 4) is 0 Å². The highest BCUT2D eigenvalue weighted by molar-refractivity contribution is 5.42. The molecule has 4 heteroatoms. The highest BCUT2D eigenvalue weighted by atomic mass is 16.3. The van der Waals surface area contributed by atoms with Crippen molar-refractivity contribution < 1.29 is 5.11 Å². The molecule has 4 nitrogen and oxygen atoms in total. The molecule has 0 aliphatic heterocycles. The predicted octanol–water partition coefficient (Wildman–Crippen LogP) is 1.31. The van der Waals surface area contributed by atoms with E-state index in [0.29, 0.717) is 12.6 Å². The van der Waals surface area contributed by atoms with Crippen LogP contribution < -0.4 is 10.6 Å². The summed E-state index contributed by atoms with van der Waals surface area (Å²) >= 11 is 0. The first-order valence-corrected chi connectivity index (χ1v) is 5.65. The third-order valence-corrected chi connectivity index (χ3v) is 2.55. The Balaban J connectivity index is 2.95. The van der Waals surface area contributed by atoms with Gasteiger partial charge in [0.1, 0.15) is 5.82 Å². The normalized spacial score (nSPS) is 12.9. The Kier molecular flexibility index (Phi) is 4.71. The molecule has 1 rings (SSSR count). The standard InChI is InChI=1S/C12H21N3O/c1-9(2)15(6-7-16)12-8-11(10(3)13)4-5-14-12/h4-5,8-10,16H,6-7,13H2,1-3H3/t10-/m1/s1. The zero-order valence-electron chi connectivity index (χ0n) is 10.2. The maximum Gasteiger partial charge on any atom is 0.129 e. The quantitative estimate of drug-likeness (QED) is 0.790. The Bertz CT molecular complexity index is 326. The van der Waals surface area contributed by atoms with E-state index in [2.05, 4.69) is 23.7 Å². The molecule has 0 saturated carbocycles. The first-order valence-electron chi connectivity index (χ1n) is 5.65. The molecule has 0 unspecified atom stereocenters. The van der Waals surface area contributed by atoms with E-state index >= 15 is 0 Å². The van der Waals surface area contributed by atoms with E-state index in [4.69, 9.17) is 10.8 Å². The topological polar surface area (TPSA) is 62.4 Å². The van der Waals surface area contributed by atoms with Gasteiger partial charge in [-0.2, -0.15) is 0 Å². The largest absolute Gasteiger partial charge is 0.395 e. The molecule has 16 heavy (non-hydrogen) atoms. The number of anilines is 1. The van der Waals surface area contributed by atoms with Crippen LogP contribution in [0.4, 0.5) is 5.82 Å². The summed E-state index contributed by atoms with van der Waals surface area (Å²) in [6.07, 6.45) is 1.76. The summed E-state index contributed by atoms with van der Waals surface area (Å²) in [6, 6.07) is 4.22. The van der Waals surface area contributed by atoms with Gasteiger partial charge >= 0.3 is 0 Å². The van der Waals surface area contributed by atoms with E-state index < -0.39 is 0 Å². The Labute approximate surface area is 97.1 Å². The third-order valence-electron chi connectivity index (χ3n) is 2.55. The number of pyridine rings is 1. The number of hydrogen-bond acceptors (Lipinski definition) is 4. The lowest BCUT2D eigenvalue weighted by Gasteiger charge is -2.27. The van der Waals surface area contributed by atoms with Crippen LogP contribution in [0.15, 0.2) is 18.3 Å². The molecule has 1 heterocycles. The Morgan fingerprint density at radius 3 is 2.62 bits per heavy atom. The van der Waals surface area contributed by atoms with Crippen molar-refractivity contribution in [3.63, 3.8) is 0 Å². The molecule has 0 saturated heterocycles. The van der Waals surface area contributed by atoms with Gasteiger partial charge in [-0.1, -0.05) is 0 Å². The second-order valence-electron chi connectivity index (χ2n) is 4.25. The molecule has 1 aromatic heterocycles. The highest BCUT2D eigenvalue weighted by Gasteiger charge is 2.12. The number of aliphatic hydroxyl groups excluding tert-OH is 1. The fourth-order valence-electron chi connectivity index (χ4n) is 1.62. The zero-order valence-corrected chi connectivity index (χ0v) is 10.2. The van der Waals surface area contributed by atoms with Crippen molar-refractivity contribution in [2.75, 3.05) is 18.1 Å². The number of aromatic nitrogens is 1. The molecule has 0 aliphatic rings. The van der Waals surface area contributed by atoms with Crippen LogP contribution in [-0.4, -0.2) is 29.3 Å². The van der Waals surface area contributed by atoms with Crippen molar-refractivity contribution in [2.24, 2.45) is 5.73 Å². The van der Waals surface area contributed by atoms with E-state index in [1.807, 2.05) is 19.1 Å². The van der Waals surface area contributed by atoms with Gasteiger partial charge in [-0.15, -0.1) is 0 Å². The van der Waals surface area contributed by atoms with Crippen molar-refractivity contribution in [1.29, 1.82) is 0 Å². The lowest BCUT2D eigenvalue weighted by Crippen LogP contribution is -2.34. The monoisotopic (exact) mass is 223 g/mol. The minimum atomic E-state index is 0.00453. The number of aliphatic hydroxyl groups is 1. The van der Waals surface area contributed by atoms with Crippen LogP contribution in [-0.2, 0) is 0 Å². The van der Waals surface area contributed by atoms with E-state index in [0.717, 1.165) is 11.4 Å². The molecule has 0 fully saturated rings. The van der Waals surface area contributed by atoms with Crippen LogP contribution >= 0.6 is 0 Å². The van der Waals surface area contributed by atoms with Crippen LogP contribution in [0.2, 0.25) is 0 Å². The van der Waals surface area contributed by atoms with E-state index in [1.165, 1.54) is 0 Å². The average Bonchev–Trinajstić information content (AvgIpc) is 2.25. The first kappa shape index (κ1) is 12.9. The van der Waals surface area contributed by atoms with Crippen molar-refractivity contribution in [1.82, 2.24) is 4.98 Å². The van der Waals surface area contributed by atoms with Gasteiger partial charge in [-0.3, -0.25) is 0 Å². The van der Waals surface area contributed by atoms with Crippen LogP contribution in [0.5, 0.6) is 0 Å². The molecule has 1 aromatic rings. The minimum Gasteiger partial charge on any atom is -0.395 e. The molecule has 0 bridgehead atoms. The van der Waals surface area contributed by atoms with E-state index in [9.17, 15) is 0 Å². The van der Waals surface area contributed by atoms with Gasteiger partial charge in [0.05, 0.1) is 6.61 Å². The van der Waals surface area contributed by atoms with Gasteiger partial charge < -0.3 is 15.7 Å². The smallest absolute Gasteiger partial charge is 0.129 e. The van der Waals surface area contributed by atoms with Gasteiger partial charge in [0.2, 0.25) is 0 Å². The maximum absolute atomic E-state index is 9.03. The van der Waals surface area contributed by atoms with Crippen LogP contribution in [0.25, 0.3) is 0 Å². The average molecular weight is 223 g/mol. The van der Waals surface area contributed by atoms with Gasteiger partial charge in [-0.25, -0.2) is 4.98 Å². The van der Waals surface area contributed by atoms with Gasteiger partial charge in [0.25, 0.3) is 0 Å². The molecule has 0 amide bonds. The number of nitrogens with two attached hydrogens (primary N) is 1. The molecule has 1 atom stereocenters. The lowest BCUT2D eigenvalue weighted by molar-refractivity contribution is 0.298. The Hall–Kier alpha value is -1.13. The molecule has 0 radical (unpaired) electrons. The second kappa shape index (κ2) is 5.82. The fraction of sp³-hybridized carbons (Fsp3) is 0.583.